The molecule has 0 amide bonds. The molecule has 1 aliphatic rings. The highest BCUT2D eigenvalue weighted by molar-refractivity contribution is 5.78. The first kappa shape index (κ1) is 12.7. The second-order valence-corrected chi connectivity index (χ2v) is 6.17. The van der Waals surface area contributed by atoms with Crippen molar-refractivity contribution in [3.8, 4) is 0 Å². The van der Waals surface area contributed by atoms with Crippen LogP contribution in [0.2, 0.25) is 0 Å². The molecule has 0 spiro atoms. The maximum atomic E-state index is 5.57. The van der Waals surface area contributed by atoms with Gasteiger partial charge in [-0.1, -0.05) is 35.9 Å². The van der Waals surface area contributed by atoms with Gasteiger partial charge in [0.25, 0.3) is 0 Å². The third-order valence-electron chi connectivity index (χ3n) is 4.49. The van der Waals surface area contributed by atoms with Crippen molar-refractivity contribution in [1.82, 2.24) is 4.90 Å². The van der Waals surface area contributed by atoms with Gasteiger partial charge >= 0.3 is 0 Å². The van der Waals surface area contributed by atoms with E-state index in [1.165, 1.54) is 27.6 Å². The summed E-state index contributed by atoms with van der Waals surface area (Å²) in [5, 5.41) is 1.17. The molecular weight excluding hydrogens is 258 g/mol. The zero-order chi connectivity index (χ0) is 14.4. The number of aryl methyl sites for hydroxylation is 1. The zero-order valence-electron chi connectivity index (χ0n) is 12.5. The van der Waals surface area contributed by atoms with Crippen molar-refractivity contribution >= 4 is 11.0 Å². The van der Waals surface area contributed by atoms with Gasteiger partial charge in [-0.05, 0) is 42.8 Å². The highest BCUT2D eigenvalue weighted by Gasteiger charge is 2.25. The third-order valence-corrected chi connectivity index (χ3v) is 4.49. The normalized spacial score (nSPS) is 18.9. The molecular formula is C19H19NO. The fourth-order valence-corrected chi connectivity index (χ4v) is 3.45. The summed E-state index contributed by atoms with van der Waals surface area (Å²) in [6.45, 7) is 4.26. The molecule has 0 bridgehead atoms. The molecule has 0 N–H and O–H groups in total. The molecule has 1 aromatic heterocycles. The van der Waals surface area contributed by atoms with Gasteiger partial charge in [0.1, 0.15) is 5.58 Å². The molecule has 2 heteroatoms. The van der Waals surface area contributed by atoms with Gasteiger partial charge in [0.05, 0.1) is 6.26 Å². The number of hydrogen-bond donors (Lipinski definition) is 0. The molecule has 21 heavy (non-hydrogen) atoms. The van der Waals surface area contributed by atoms with E-state index < -0.39 is 0 Å². The number of fused-ring (bicyclic) bond motifs is 2. The zero-order valence-corrected chi connectivity index (χ0v) is 12.5. The second kappa shape index (κ2) is 4.74. The third kappa shape index (κ3) is 2.16. The van der Waals surface area contributed by atoms with Crippen LogP contribution in [0.25, 0.3) is 11.0 Å². The summed E-state index contributed by atoms with van der Waals surface area (Å²) in [7, 11) is 2.20. The Morgan fingerprint density at radius 3 is 2.90 bits per heavy atom. The van der Waals surface area contributed by atoms with Crippen molar-refractivity contribution in [2.45, 2.75) is 19.4 Å². The minimum absolute atomic E-state index is 0.425. The van der Waals surface area contributed by atoms with E-state index in [2.05, 4.69) is 55.3 Å². The van der Waals surface area contributed by atoms with Crippen LogP contribution in [-0.4, -0.2) is 18.5 Å². The fraction of sp³-hybridized carbons (Fsp3) is 0.263. The first-order valence-corrected chi connectivity index (χ1v) is 7.46. The first-order chi connectivity index (χ1) is 10.2. The van der Waals surface area contributed by atoms with E-state index in [1.54, 1.807) is 6.26 Å². The molecule has 0 saturated carbocycles. The lowest BCUT2D eigenvalue weighted by Crippen LogP contribution is -2.31. The molecule has 2 aromatic carbocycles. The maximum Gasteiger partial charge on any atom is 0.134 e. The van der Waals surface area contributed by atoms with Crippen LogP contribution in [0.5, 0.6) is 0 Å². The van der Waals surface area contributed by atoms with Crippen molar-refractivity contribution in [3.05, 3.63) is 71.0 Å². The van der Waals surface area contributed by atoms with E-state index in [0.29, 0.717) is 5.92 Å². The van der Waals surface area contributed by atoms with Crippen LogP contribution >= 0.6 is 0 Å². The van der Waals surface area contributed by atoms with Crippen molar-refractivity contribution in [2.75, 3.05) is 13.6 Å². The second-order valence-electron chi connectivity index (χ2n) is 6.17. The molecule has 1 aliphatic heterocycles. The number of likely N-dealkylation sites (N-methyl/N-ethyl adjacent to an activating group) is 1. The van der Waals surface area contributed by atoms with Gasteiger partial charge in [-0.15, -0.1) is 0 Å². The maximum absolute atomic E-state index is 5.57. The number of hydrogen-bond acceptors (Lipinski definition) is 2. The van der Waals surface area contributed by atoms with Crippen LogP contribution in [-0.2, 0) is 6.54 Å². The molecule has 0 radical (unpaired) electrons. The lowest BCUT2D eigenvalue weighted by atomic mass is 9.84. The topological polar surface area (TPSA) is 16.4 Å². The summed E-state index contributed by atoms with van der Waals surface area (Å²) in [5.74, 6) is 0.425. The van der Waals surface area contributed by atoms with Crippen molar-refractivity contribution < 1.29 is 4.42 Å². The molecule has 1 unspecified atom stereocenters. The summed E-state index contributed by atoms with van der Waals surface area (Å²) in [6.07, 6.45) is 1.76. The fourth-order valence-electron chi connectivity index (χ4n) is 3.45. The van der Waals surface area contributed by atoms with Gasteiger partial charge in [-0.3, -0.25) is 0 Å². The Morgan fingerprint density at radius 1 is 1.10 bits per heavy atom. The molecule has 3 aromatic rings. The minimum atomic E-state index is 0.425. The Morgan fingerprint density at radius 2 is 2.00 bits per heavy atom. The van der Waals surface area contributed by atoms with Crippen molar-refractivity contribution in [3.63, 3.8) is 0 Å². The Balaban J connectivity index is 1.84. The summed E-state index contributed by atoms with van der Waals surface area (Å²) >= 11 is 0. The monoisotopic (exact) mass is 277 g/mol. The molecule has 4 rings (SSSR count). The molecule has 0 aliphatic carbocycles. The van der Waals surface area contributed by atoms with Crippen molar-refractivity contribution in [1.29, 1.82) is 0 Å². The largest absolute Gasteiger partial charge is 0.464 e. The van der Waals surface area contributed by atoms with Crippen LogP contribution in [0.3, 0.4) is 0 Å². The van der Waals surface area contributed by atoms with Crippen LogP contribution < -0.4 is 0 Å². The van der Waals surface area contributed by atoms with E-state index in [-0.39, 0.29) is 0 Å². The quantitative estimate of drug-likeness (QED) is 0.658. The molecule has 1 atom stereocenters. The summed E-state index contributed by atoms with van der Waals surface area (Å²) < 4.78 is 5.57. The van der Waals surface area contributed by atoms with Crippen LogP contribution in [0.15, 0.2) is 53.1 Å². The smallest absolute Gasteiger partial charge is 0.134 e. The molecule has 2 nitrogen and oxygen atoms in total. The van der Waals surface area contributed by atoms with Crippen molar-refractivity contribution in [2.24, 2.45) is 0 Å². The number of furan rings is 1. The van der Waals surface area contributed by atoms with Crippen LogP contribution in [0, 0.1) is 6.92 Å². The number of benzene rings is 2. The summed E-state index contributed by atoms with van der Waals surface area (Å²) in [6, 6.07) is 15.5. The predicted octanol–water partition coefficient (Wildman–Crippen LogP) is 4.32. The van der Waals surface area contributed by atoms with E-state index >= 15 is 0 Å². The van der Waals surface area contributed by atoms with E-state index in [1.807, 2.05) is 6.07 Å². The number of rotatable bonds is 1. The van der Waals surface area contributed by atoms with Gasteiger partial charge in [-0.25, -0.2) is 0 Å². The van der Waals surface area contributed by atoms with Crippen LogP contribution in [0.1, 0.15) is 28.2 Å². The highest BCUT2D eigenvalue weighted by atomic mass is 16.3. The van der Waals surface area contributed by atoms with E-state index in [9.17, 15) is 0 Å². The van der Waals surface area contributed by atoms with E-state index in [0.717, 1.165) is 18.7 Å². The number of nitrogens with zero attached hydrogens (tertiary/aromatic N) is 1. The Kier molecular flexibility index (Phi) is 2.86. The Labute approximate surface area is 125 Å². The standard InChI is InChI=1S/C19H19NO/c1-13-3-6-17-16(9-13)11-20(2)12-18(17)15-5-4-14-7-8-21-19(14)10-15/h3-10,18H,11-12H2,1-2H3. The molecule has 2 heterocycles. The lowest BCUT2D eigenvalue weighted by Gasteiger charge is -2.32. The molecule has 106 valence electrons. The van der Waals surface area contributed by atoms with Crippen LogP contribution in [0.4, 0.5) is 0 Å². The van der Waals surface area contributed by atoms with Gasteiger partial charge in [0.15, 0.2) is 0 Å². The molecule has 0 fully saturated rings. The Bertz CT molecular complexity index is 802. The Hall–Kier alpha value is -2.06. The SMILES string of the molecule is Cc1ccc2c(c1)CN(C)CC2c1ccc2ccoc2c1. The van der Waals surface area contributed by atoms with Gasteiger partial charge in [0, 0.05) is 24.4 Å². The molecule has 0 saturated heterocycles. The van der Waals surface area contributed by atoms with Gasteiger partial charge in [-0.2, -0.15) is 0 Å². The highest BCUT2D eigenvalue weighted by Crippen LogP contribution is 2.34. The van der Waals surface area contributed by atoms with E-state index in [4.69, 9.17) is 4.42 Å². The van der Waals surface area contributed by atoms with Gasteiger partial charge < -0.3 is 9.32 Å². The first-order valence-electron chi connectivity index (χ1n) is 7.46. The summed E-state index contributed by atoms with van der Waals surface area (Å²) in [4.78, 5) is 2.40. The lowest BCUT2D eigenvalue weighted by molar-refractivity contribution is 0.295. The minimum Gasteiger partial charge on any atom is -0.464 e. The van der Waals surface area contributed by atoms with Gasteiger partial charge in [0.2, 0.25) is 0 Å². The summed E-state index contributed by atoms with van der Waals surface area (Å²) in [5.41, 5.74) is 6.57. The predicted molar refractivity (Wildman–Crippen MR) is 85.6 cm³/mol. The average molecular weight is 277 g/mol. The average Bonchev–Trinajstić information content (AvgIpc) is 2.93.